The molecule has 9 heteroatoms. The lowest BCUT2D eigenvalue weighted by molar-refractivity contribution is 0.0956. The Morgan fingerprint density at radius 1 is 1.26 bits per heavy atom. The lowest BCUT2D eigenvalue weighted by Gasteiger charge is -2.04. The van der Waals surface area contributed by atoms with Crippen molar-refractivity contribution in [2.75, 3.05) is 12.3 Å². The van der Waals surface area contributed by atoms with Gasteiger partial charge >= 0.3 is 0 Å². The number of fused-ring (bicyclic) bond motifs is 1. The molecule has 0 atom stereocenters. The predicted octanol–water partition coefficient (Wildman–Crippen LogP) is 1.18. The van der Waals surface area contributed by atoms with E-state index in [1.165, 1.54) is 0 Å². The van der Waals surface area contributed by atoms with E-state index in [0.29, 0.717) is 5.56 Å². The minimum atomic E-state index is -4.09. The summed E-state index contributed by atoms with van der Waals surface area (Å²) in [5.41, 5.74) is 2.75. The van der Waals surface area contributed by atoms with Crippen LogP contribution in [0.3, 0.4) is 0 Å². The van der Waals surface area contributed by atoms with Crippen molar-refractivity contribution >= 4 is 26.9 Å². The number of aromatic nitrogens is 3. The monoisotopic (exact) mass is 334 g/mol. The maximum Gasteiger partial charge on any atom is 0.266 e. The molecule has 23 heavy (non-hydrogen) atoms. The molecule has 3 rings (SSSR count). The van der Waals surface area contributed by atoms with Gasteiger partial charge in [-0.3, -0.25) is 14.4 Å². The van der Waals surface area contributed by atoms with Crippen molar-refractivity contribution in [2.24, 2.45) is 0 Å². The molecule has 1 amide bonds. The van der Waals surface area contributed by atoms with E-state index in [-0.39, 0.29) is 6.54 Å². The summed E-state index contributed by atoms with van der Waals surface area (Å²) in [6, 6.07) is 8.86. The number of amides is 1. The van der Waals surface area contributed by atoms with Gasteiger partial charge < -0.3 is 10.3 Å². The molecular weight excluding hydrogens is 320 g/mol. The summed E-state index contributed by atoms with van der Waals surface area (Å²) in [5.74, 6) is -0.932. The second-order valence-corrected chi connectivity index (χ2v) is 6.56. The van der Waals surface area contributed by atoms with E-state index >= 15 is 0 Å². The molecule has 4 N–H and O–H groups in total. The first-order chi connectivity index (χ1) is 10.9. The molecular formula is C14H14N4O4S. The van der Waals surface area contributed by atoms with Crippen LogP contribution in [0.15, 0.2) is 36.5 Å². The fraction of sp³-hybridized carbons (Fsp3) is 0.143. The van der Waals surface area contributed by atoms with Crippen molar-refractivity contribution in [1.29, 1.82) is 0 Å². The third-order valence-corrected chi connectivity index (χ3v) is 4.03. The van der Waals surface area contributed by atoms with Gasteiger partial charge in [0.05, 0.1) is 11.4 Å². The highest BCUT2D eigenvalue weighted by Crippen LogP contribution is 2.23. The van der Waals surface area contributed by atoms with Crippen LogP contribution < -0.4 is 5.32 Å². The Balaban J connectivity index is 1.78. The minimum absolute atomic E-state index is 0.154. The van der Waals surface area contributed by atoms with Crippen molar-refractivity contribution in [1.82, 2.24) is 20.5 Å². The van der Waals surface area contributed by atoms with Crippen molar-refractivity contribution in [2.45, 2.75) is 0 Å². The highest BCUT2D eigenvalue weighted by molar-refractivity contribution is 7.85. The molecule has 2 heterocycles. The van der Waals surface area contributed by atoms with Crippen molar-refractivity contribution in [3.05, 3.63) is 42.1 Å². The molecule has 0 bridgehead atoms. The van der Waals surface area contributed by atoms with Crippen LogP contribution in [-0.2, 0) is 10.1 Å². The van der Waals surface area contributed by atoms with Crippen LogP contribution in [-0.4, -0.2) is 46.4 Å². The molecule has 0 radical (unpaired) electrons. The number of aromatic amines is 2. The highest BCUT2D eigenvalue weighted by Gasteiger charge is 2.11. The van der Waals surface area contributed by atoms with Gasteiger partial charge in [-0.15, -0.1) is 0 Å². The summed E-state index contributed by atoms with van der Waals surface area (Å²) < 4.78 is 29.9. The van der Waals surface area contributed by atoms with E-state index in [9.17, 15) is 13.2 Å². The first kappa shape index (κ1) is 15.3. The molecule has 0 saturated carbocycles. The van der Waals surface area contributed by atoms with Gasteiger partial charge in [0.1, 0.15) is 5.69 Å². The average Bonchev–Trinajstić information content (AvgIpc) is 3.13. The number of nitrogens with zero attached hydrogens (tertiary/aromatic N) is 1. The van der Waals surface area contributed by atoms with Gasteiger partial charge in [-0.05, 0) is 24.3 Å². The number of H-pyrrole nitrogens is 2. The lowest BCUT2D eigenvalue weighted by atomic mass is 10.1. The van der Waals surface area contributed by atoms with Crippen LogP contribution in [0, 0.1) is 0 Å². The fourth-order valence-electron chi connectivity index (χ4n) is 2.21. The van der Waals surface area contributed by atoms with Crippen molar-refractivity contribution in [3.63, 3.8) is 0 Å². The van der Waals surface area contributed by atoms with E-state index in [1.807, 2.05) is 12.1 Å². The summed E-state index contributed by atoms with van der Waals surface area (Å²) in [6.07, 6.45) is 1.72. The molecule has 0 aliphatic rings. The zero-order valence-electron chi connectivity index (χ0n) is 11.9. The van der Waals surface area contributed by atoms with E-state index in [4.69, 9.17) is 4.55 Å². The van der Waals surface area contributed by atoms with E-state index in [1.54, 1.807) is 24.4 Å². The summed E-state index contributed by atoms with van der Waals surface area (Å²) in [5, 5.41) is 10.2. The number of hydrogen-bond donors (Lipinski definition) is 4. The van der Waals surface area contributed by atoms with Gasteiger partial charge in [0, 0.05) is 29.2 Å². The number of carbonyl (C=O) groups excluding carboxylic acids is 1. The van der Waals surface area contributed by atoms with E-state index in [2.05, 4.69) is 20.5 Å². The zero-order chi connectivity index (χ0) is 16.4. The Kier molecular flexibility index (Phi) is 3.89. The first-order valence-corrected chi connectivity index (χ1v) is 8.39. The van der Waals surface area contributed by atoms with Crippen LogP contribution in [0.5, 0.6) is 0 Å². The number of hydrogen-bond acceptors (Lipinski definition) is 4. The van der Waals surface area contributed by atoms with E-state index in [0.717, 1.165) is 22.3 Å². The van der Waals surface area contributed by atoms with Gasteiger partial charge in [0.2, 0.25) is 0 Å². The molecule has 0 aliphatic carbocycles. The maximum absolute atomic E-state index is 12.0. The van der Waals surface area contributed by atoms with Crippen LogP contribution in [0.1, 0.15) is 10.4 Å². The SMILES string of the molecule is O=C(NCCS(=O)(=O)O)c1ccc2cc(-c3cc[nH]n3)[nH]c2c1. The lowest BCUT2D eigenvalue weighted by Crippen LogP contribution is -2.28. The Bertz CT molecular complexity index is 944. The van der Waals surface area contributed by atoms with E-state index < -0.39 is 21.8 Å². The number of benzene rings is 1. The number of carbonyl (C=O) groups is 1. The van der Waals surface area contributed by atoms with Crippen LogP contribution in [0.25, 0.3) is 22.3 Å². The summed E-state index contributed by atoms with van der Waals surface area (Å²) >= 11 is 0. The average molecular weight is 334 g/mol. The van der Waals surface area contributed by atoms with Crippen molar-refractivity contribution in [3.8, 4) is 11.4 Å². The van der Waals surface area contributed by atoms with Gasteiger partial charge in [0.15, 0.2) is 0 Å². The third kappa shape index (κ3) is 3.58. The molecule has 1 aromatic carbocycles. The Hall–Kier alpha value is -2.65. The zero-order valence-corrected chi connectivity index (χ0v) is 12.7. The number of rotatable bonds is 5. The summed E-state index contributed by atoms with van der Waals surface area (Å²) in [6.45, 7) is -0.154. The maximum atomic E-state index is 12.0. The molecule has 0 saturated heterocycles. The molecule has 0 unspecified atom stereocenters. The molecule has 8 nitrogen and oxygen atoms in total. The molecule has 120 valence electrons. The molecule has 0 spiro atoms. The molecule has 3 aromatic rings. The largest absolute Gasteiger partial charge is 0.353 e. The Labute approximate surface area is 131 Å². The van der Waals surface area contributed by atoms with Crippen LogP contribution in [0.2, 0.25) is 0 Å². The summed E-state index contributed by atoms with van der Waals surface area (Å²) in [4.78, 5) is 15.2. The third-order valence-electron chi connectivity index (χ3n) is 3.31. The normalized spacial score (nSPS) is 11.7. The minimum Gasteiger partial charge on any atom is -0.353 e. The highest BCUT2D eigenvalue weighted by atomic mass is 32.2. The van der Waals surface area contributed by atoms with Gasteiger partial charge in [-0.1, -0.05) is 6.07 Å². The topological polar surface area (TPSA) is 128 Å². The Morgan fingerprint density at radius 2 is 2.09 bits per heavy atom. The van der Waals surface area contributed by atoms with Crippen molar-refractivity contribution < 1.29 is 17.8 Å². The first-order valence-electron chi connectivity index (χ1n) is 6.79. The smallest absolute Gasteiger partial charge is 0.266 e. The summed E-state index contributed by atoms with van der Waals surface area (Å²) in [7, 11) is -4.09. The Morgan fingerprint density at radius 3 is 2.78 bits per heavy atom. The van der Waals surface area contributed by atoms with Gasteiger partial charge in [-0.25, -0.2) is 0 Å². The molecule has 0 fully saturated rings. The van der Waals surface area contributed by atoms with Gasteiger partial charge in [0.25, 0.3) is 16.0 Å². The fourth-order valence-corrected chi connectivity index (χ4v) is 2.57. The molecule has 0 aliphatic heterocycles. The second-order valence-electron chi connectivity index (χ2n) is 4.99. The molecule has 2 aromatic heterocycles. The predicted molar refractivity (Wildman–Crippen MR) is 84.6 cm³/mol. The van der Waals surface area contributed by atoms with Crippen LogP contribution >= 0.6 is 0 Å². The number of nitrogens with one attached hydrogen (secondary N) is 3. The van der Waals surface area contributed by atoms with Crippen LogP contribution in [0.4, 0.5) is 0 Å². The quantitative estimate of drug-likeness (QED) is 0.521. The van der Waals surface area contributed by atoms with Gasteiger partial charge in [-0.2, -0.15) is 13.5 Å². The second kappa shape index (κ2) is 5.86. The standard InChI is InChI=1S/C14H14N4O4S/c19-14(15-5-6-23(20,21)22)10-2-1-9-7-13(17-12(9)8-10)11-3-4-16-18-11/h1-4,7-8,17H,5-6H2,(H,15,19)(H,16,18)(H,20,21,22).